The highest BCUT2D eigenvalue weighted by Gasteiger charge is 2.36. The maximum absolute atomic E-state index is 11.9. The molecule has 6 heteroatoms. The molecular formula is C14H15NO5. The van der Waals surface area contributed by atoms with Gasteiger partial charge in [0.15, 0.2) is 0 Å². The molecule has 2 amide bonds. The molecule has 0 spiro atoms. The van der Waals surface area contributed by atoms with Gasteiger partial charge in [0.05, 0.1) is 24.3 Å². The van der Waals surface area contributed by atoms with Crippen molar-refractivity contribution in [2.24, 2.45) is 0 Å². The van der Waals surface area contributed by atoms with Crippen molar-refractivity contribution in [3.05, 3.63) is 35.4 Å². The molecule has 6 nitrogen and oxygen atoms in total. The first-order valence-electron chi connectivity index (χ1n) is 6.41. The zero-order chi connectivity index (χ0) is 14.5. The van der Waals surface area contributed by atoms with Crippen LogP contribution in [0.2, 0.25) is 0 Å². The molecule has 106 valence electrons. The number of rotatable bonds is 6. The van der Waals surface area contributed by atoms with E-state index in [2.05, 4.69) is 0 Å². The third-order valence-corrected chi connectivity index (χ3v) is 2.81. The van der Waals surface area contributed by atoms with Crippen molar-refractivity contribution in [1.82, 2.24) is 5.06 Å². The molecule has 0 aromatic heterocycles. The molecule has 1 aliphatic rings. The Hall–Kier alpha value is -2.21. The zero-order valence-electron chi connectivity index (χ0n) is 11.1. The van der Waals surface area contributed by atoms with Crippen molar-refractivity contribution >= 4 is 17.8 Å². The molecule has 0 atom stereocenters. The fourth-order valence-electron chi connectivity index (χ4n) is 1.89. The molecule has 0 saturated carbocycles. The van der Waals surface area contributed by atoms with Crippen LogP contribution < -0.4 is 0 Å². The van der Waals surface area contributed by atoms with Gasteiger partial charge in [-0.3, -0.25) is 19.2 Å². The monoisotopic (exact) mass is 277 g/mol. The molecular weight excluding hydrogens is 262 g/mol. The highest BCUT2D eigenvalue weighted by Crippen LogP contribution is 2.22. The standard InChI is InChI=1S/C14H15NO5/c1-2-19-12(16)8-5-9-20-15-13(17)10-6-3-4-7-11(10)14(15)18/h3-4,6-7H,2,5,8-9H2,1H3. The molecule has 0 N–H and O–H groups in total. The lowest BCUT2D eigenvalue weighted by atomic mass is 10.1. The molecule has 1 aromatic rings. The largest absolute Gasteiger partial charge is 0.466 e. The van der Waals surface area contributed by atoms with Gasteiger partial charge in [0.1, 0.15) is 0 Å². The SMILES string of the molecule is CCOC(=O)CCCON1C(=O)c2ccccc2C1=O. The minimum Gasteiger partial charge on any atom is -0.466 e. The fraction of sp³-hybridized carbons (Fsp3) is 0.357. The van der Waals surface area contributed by atoms with Crippen LogP contribution in [0.3, 0.4) is 0 Å². The van der Waals surface area contributed by atoms with E-state index < -0.39 is 11.8 Å². The smallest absolute Gasteiger partial charge is 0.305 e. The minimum atomic E-state index is -0.471. The Morgan fingerprint density at radius 3 is 2.30 bits per heavy atom. The molecule has 0 bridgehead atoms. The highest BCUT2D eigenvalue weighted by atomic mass is 16.7. The second-order valence-electron chi connectivity index (χ2n) is 4.19. The lowest BCUT2D eigenvalue weighted by molar-refractivity contribution is -0.144. The van der Waals surface area contributed by atoms with Gasteiger partial charge in [-0.25, -0.2) is 0 Å². The predicted molar refractivity (Wildman–Crippen MR) is 68.8 cm³/mol. The maximum atomic E-state index is 11.9. The van der Waals surface area contributed by atoms with Gasteiger partial charge in [-0.2, -0.15) is 0 Å². The predicted octanol–water partition coefficient (Wildman–Crippen LogP) is 1.56. The van der Waals surface area contributed by atoms with Gasteiger partial charge in [0.25, 0.3) is 11.8 Å². The Bertz CT molecular complexity index is 505. The molecule has 1 heterocycles. The van der Waals surface area contributed by atoms with E-state index in [1.807, 2.05) is 0 Å². The minimum absolute atomic E-state index is 0.101. The Labute approximate surface area is 116 Å². The second kappa shape index (κ2) is 6.29. The third kappa shape index (κ3) is 2.85. The van der Waals surface area contributed by atoms with E-state index in [1.54, 1.807) is 31.2 Å². The molecule has 0 radical (unpaired) electrons. The zero-order valence-corrected chi connectivity index (χ0v) is 11.1. The van der Waals surface area contributed by atoms with Crippen LogP contribution in [0.1, 0.15) is 40.5 Å². The van der Waals surface area contributed by atoms with Crippen molar-refractivity contribution in [2.75, 3.05) is 13.2 Å². The summed E-state index contributed by atoms with van der Waals surface area (Å²) < 4.78 is 4.76. The average Bonchev–Trinajstić information content (AvgIpc) is 2.69. The Balaban J connectivity index is 1.85. The number of carbonyl (C=O) groups is 3. The van der Waals surface area contributed by atoms with E-state index in [0.29, 0.717) is 24.2 Å². The molecule has 1 aromatic carbocycles. The first-order chi connectivity index (χ1) is 9.65. The van der Waals surface area contributed by atoms with E-state index in [0.717, 1.165) is 5.06 Å². The van der Waals surface area contributed by atoms with Crippen molar-refractivity contribution in [2.45, 2.75) is 19.8 Å². The van der Waals surface area contributed by atoms with Crippen LogP contribution in [0.15, 0.2) is 24.3 Å². The summed E-state index contributed by atoms with van der Waals surface area (Å²) in [6.45, 7) is 2.16. The number of hydroxylamine groups is 2. The quantitative estimate of drug-likeness (QED) is 0.448. The molecule has 0 unspecified atom stereocenters. The average molecular weight is 277 g/mol. The summed E-state index contributed by atoms with van der Waals surface area (Å²) in [6.07, 6.45) is 0.573. The summed E-state index contributed by atoms with van der Waals surface area (Å²) in [4.78, 5) is 40.1. The number of nitrogens with zero attached hydrogens (tertiary/aromatic N) is 1. The lowest BCUT2D eigenvalue weighted by Gasteiger charge is -2.12. The van der Waals surface area contributed by atoms with Crippen LogP contribution in [-0.2, 0) is 14.4 Å². The fourth-order valence-corrected chi connectivity index (χ4v) is 1.89. The first kappa shape index (κ1) is 14.2. The van der Waals surface area contributed by atoms with Gasteiger partial charge in [-0.05, 0) is 25.5 Å². The van der Waals surface area contributed by atoms with Gasteiger partial charge in [-0.1, -0.05) is 12.1 Å². The molecule has 0 aliphatic carbocycles. The number of fused-ring (bicyclic) bond motifs is 1. The van der Waals surface area contributed by atoms with E-state index in [-0.39, 0.29) is 19.0 Å². The van der Waals surface area contributed by atoms with Crippen molar-refractivity contribution < 1.29 is 24.0 Å². The van der Waals surface area contributed by atoms with E-state index in [4.69, 9.17) is 9.57 Å². The van der Waals surface area contributed by atoms with Gasteiger partial charge in [0.2, 0.25) is 0 Å². The van der Waals surface area contributed by atoms with Crippen molar-refractivity contribution in [3.63, 3.8) is 0 Å². The van der Waals surface area contributed by atoms with Crippen LogP contribution in [0.25, 0.3) is 0 Å². The van der Waals surface area contributed by atoms with Gasteiger partial charge >= 0.3 is 5.97 Å². The molecule has 1 aliphatic heterocycles. The normalized spacial score (nSPS) is 13.6. The number of benzene rings is 1. The number of hydrogen-bond donors (Lipinski definition) is 0. The van der Waals surface area contributed by atoms with E-state index >= 15 is 0 Å². The van der Waals surface area contributed by atoms with Crippen LogP contribution >= 0.6 is 0 Å². The number of imide groups is 1. The van der Waals surface area contributed by atoms with E-state index in [1.165, 1.54) is 0 Å². The Morgan fingerprint density at radius 2 is 1.75 bits per heavy atom. The molecule has 2 rings (SSSR count). The second-order valence-corrected chi connectivity index (χ2v) is 4.19. The molecule has 20 heavy (non-hydrogen) atoms. The van der Waals surface area contributed by atoms with Crippen LogP contribution in [0.4, 0.5) is 0 Å². The summed E-state index contributed by atoms with van der Waals surface area (Å²) in [5.41, 5.74) is 0.672. The highest BCUT2D eigenvalue weighted by molar-refractivity contribution is 6.20. The number of carbonyl (C=O) groups excluding carboxylic acids is 3. The van der Waals surface area contributed by atoms with Crippen LogP contribution in [-0.4, -0.2) is 36.1 Å². The summed E-state index contributed by atoms with van der Waals surface area (Å²) in [5, 5.41) is 0.746. The maximum Gasteiger partial charge on any atom is 0.305 e. The topological polar surface area (TPSA) is 72.9 Å². The van der Waals surface area contributed by atoms with Crippen LogP contribution in [0.5, 0.6) is 0 Å². The Kier molecular flexibility index (Phi) is 4.47. The summed E-state index contributed by atoms with van der Waals surface area (Å²) in [6, 6.07) is 6.54. The molecule has 0 fully saturated rings. The first-order valence-corrected chi connectivity index (χ1v) is 6.41. The summed E-state index contributed by atoms with van der Waals surface area (Å²) >= 11 is 0. The number of ether oxygens (including phenoxy) is 1. The Morgan fingerprint density at radius 1 is 1.15 bits per heavy atom. The third-order valence-electron chi connectivity index (χ3n) is 2.81. The van der Waals surface area contributed by atoms with Crippen molar-refractivity contribution in [3.8, 4) is 0 Å². The van der Waals surface area contributed by atoms with Crippen LogP contribution in [0, 0.1) is 0 Å². The van der Waals surface area contributed by atoms with Gasteiger partial charge < -0.3 is 4.74 Å². The van der Waals surface area contributed by atoms with Crippen molar-refractivity contribution in [1.29, 1.82) is 0 Å². The van der Waals surface area contributed by atoms with Gasteiger partial charge in [0, 0.05) is 6.42 Å². The van der Waals surface area contributed by atoms with E-state index in [9.17, 15) is 14.4 Å². The summed E-state index contributed by atoms with van der Waals surface area (Å²) in [5.74, 6) is -1.26. The number of hydrogen-bond acceptors (Lipinski definition) is 5. The number of amides is 2. The lowest BCUT2D eigenvalue weighted by Crippen LogP contribution is -2.30. The number of esters is 1. The molecule has 0 saturated heterocycles. The van der Waals surface area contributed by atoms with Gasteiger partial charge in [-0.15, -0.1) is 5.06 Å². The summed E-state index contributed by atoms with van der Waals surface area (Å²) in [7, 11) is 0.